The summed E-state index contributed by atoms with van der Waals surface area (Å²) in [5, 5.41) is 4.21. The van der Waals surface area contributed by atoms with Crippen molar-refractivity contribution < 1.29 is 4.79 Å². The Morgan fingerprint density at radius 3 is 2.56 bits per heavy atom. The Morgan fingerprint density at radius 1 is 1.04 bits per heavy atom. The predicted octanol–water partition coefficient (Wildman–Crippen LogP) is 5.52. The lowest BCUT2D eigenvalue weighted by atomic mass is 9.85. The molecule has 4 rings (SSSR count). The van der Waals surface area contributed by atoms with Gasteiger partial charge in [0.15, 0.2) is 0 Å². The van der Waals surface area contributed by atoms with E-state index < -0.39 is 0 Å². The van der Waals surface area contributed by atoms with Crippen LogP contribution in [-0.2, 0) is 0 Å². The molecule has 1 N–H and O–H groups in total. The van der Waals surface area contributed by atoms with Gasteiger partial charge in [0.25, 0.3) is 5.91 Å². The van der Waals surface area contributed by atoms with Gasteiger partial charge in [0.1, 0.15) is 0 Å². The minimum Gasteiger partial charge on any atom is -0.349 e. The van der Waals surface area contributed by atoms with Crippen LogP contribution in [0.2, 0.25) is 0 Å². The fourth-order valence-electron chi connectivity index (χ4n) is 4.01. The lowest BCUT2D eigenvalue weighted by Crippen LogP contribution is -2.41. The van der Waals surface area contributed by atoms with Crippen molar-refractivity contribution in [3.63, 3.8) is 0 Å². The lowest BCUT2D eigenvalue weighted by Gasteiger charge is -2.29. The van der Waals surface area contributed by atoms with Crippen LogP contribution in [-0.4, -0.2) is 16.9 Å². The van der Waals surface area contributed by atoms with E-state index in [-0.39, 0.29) is 11.9 Å². The molecule has 0 aliphatic heterocycles. The summed E-state index contributed by atoms with van der Waals surface area (Å²) in [4.78, 5) is 18.0. The maximum absolute atomic E-state index is 13.2. The highest BCUT2D eigenvalue weighted by Crippen LogP contribution is 2.27. The molecule has 0 spiro atoms. The maximum atomic E-state index is 13.2. The first kappa shape index (κ1) is 17.7. The summed E-state index contributed by atoms with van der Waals surface area (Å²) in [7, 11) is 0. The summed E-state index contributed by atoms with van der Waals surface area (Å²) >= 11 is 0. The lowest BCUT2D eigenvalue weighted by molar-refractivity contribution is 0.0912. The second kappa shape index (κ2) is 7.51. The van der Waals surface area contributed by atoms with E-state index in [1.54, 1.807) is 0 Å². The first-order valence-corrected chi connectivity index (χ1v) is 9.89. The maximum Gasteiger partial charge on any atom is 0.252 e. The number of hydrogen-bond acceptors (Lipinski definition) is 2. The fraction of sp³-hybridized carbons (Fsp3) is 0.333. The Labute approximate surface area is 160 Å². The largest absolute Gasteiger partial charge is 0.349 e. The molecular weight excluding hydrogens is 332 g/mol. The molecule has 0 bridgehead atoms. The number of amides is 1. The molecule has 3 aromatic rings. The quantitative estimate of drug-likeness (QED) is 0.670. The zero-order chi connectivity index (χ0) is 18.8. The summed E-state index contributed by atoms with van der Waals surface area (Å²) < 4.78 is 0. The van der Waals surface area contributed by atoms with Crippen molar-refractivity contribution in [2.75, 3.05) is 0 Å². The van der Waals surface area contributed by atoms with Crippen LogP contribution in [0.4, 0.5) is 0 Å². The summed E-state index contributed by atoms with van der Waals surface area (Å²) in [5.41, 5.74) is 4.66. The molecule has 2 unspecified atom stereocenters. The van der Waals surface area contributed by atoms with Gasteiger partial charge in [-0.1, -0.05) is 67.8 Å². The Bertz CT molecular complexity index is 962. The van der Waals surface area contributed by atoms with Crippen LogP contribution in [0, 0.1) is 12.8 Å². The van der Waals surface area contributed by atoms with Gasteiger partial charge in [-0.2, -0.15) is 0 Å². The van der Waals surface area contributed by atoms with Crippen molar-refractivity contribution in [1.29, 1.82) is 0 Å². The predicted molar refractivity (Wildman–Crippen MR) is 111 cm³/mol. The van der Waals surface area contributed by atoms with E-state index >= 15 is 0 Å². The van der Waals surface area contributed by atoms with Crippen LogP contribution in [0.25, 0.3) is 22.2 Å². The number of pyridine rings is 1. The minimum absolute atomic E-state index is 0.0145. The number of nitrogens with one attached hydrogen (secondary N) is 1. The third kappa shape index (κ3) is 3.73. The highest BCUT2D eigenvalue weighted by atomic mass is 16.1. The smallest absolute Gasteiger partial charge is 0.252 e. The third-order valence-corrected chi connectivity index (χ3v) is 5.74. The number of rotatable bonds is 3. The number of aromatic nitrogens is 1. The van der Waals surface area contributed by atoms with Crippen molar-refractivity contribution in [2.45, 2.75) is 45.6 Å². The molecule has 27 heavy (non-hydrogen) atoms. The van der Waals surface area contributed by atoms with Crippen molar-refractivity contribution in [3.8, 4) is 11.3 Å². The van der Waals surface area contributed by atoms with Gasteiger partial charge < -0.3 is 5.32 Å². The molecule has 0 saturated heterocycles. The monoisotopic (exact) mass is 358 g/mol. The van der Waals surface area contributed by atoms with E-state index in [0.29, 0.717) is 11.5 Å². The highest BCUT2D eigenvalue weighted by molar-refractivity contribution is 6.07. The molecule has 1 saturated carbocycles. The number of para-hydroxylation sites is 1. The van der Waals surface area contributed by atoms with E-state index in [1.807, 2.05) is 30.3 Å². The van der Waals surface area contributed by atoms with Crippen LogP contribution in [0.5, 0.6) is 0 Å². The van der Waals surface area contributed by atoms with Gasteiger partial charge in [0.05, 0.1) is 16.8 Å². The van der Waals surface area contributed by atoms with Gasteiger partial charge in [-0.3, -0.25) is 4.79 Å². The molecule has 1 fully saturated rings. The van der Waals surface area contributed by atoms with Gasteiger partial charge in [-0.15, -0.1) is 0 Å². The van der Waals surface area contributed by atoms with E-state index in [2.05, 4.69) is 43.4 Å². The summed E-state index contributed by atoms with van der Waals surface area (Å²) in [6.45, 7) is 4.31. The normalized spacial score (nSPS) is 19.8. The zero-order valence-electron chi connectivity index (χ0n) is 16.0. The molecule has 1 amide bonds. The second-order valence-corrected chi connectivity index (χ2v) is 7.78. The van der Waals surface area contributed by atoms with Crippen LogP contribution >= 0.6 is 0 Å². The van der Waals surface area contributed by atoms with E-state index in [4.69, 9.17) is 4.98 Å². The Balaban J connectivity index is 1.74. The van der Waals surface area contributed by atoms with Crippen LogP contribution in [0.1, 0.15) is 48.5 Å². The van der Waals surface area contributed by atoms with Gasteiger partial charge in [-0.25, -0.2) is 4.98 Å². The average molecular weight is 358 g/mol. The first-order chi connectivity index (χ1) is 13.1. The minimum atomic E-state index is 0.0145. The van der Waals surface area contributed by atoms with Gasteiger partial charge in [0, 0.05) is 17.0 Å². The van der Waals surface area contributed by atoms with E-state index in [9.17, 15) is 4.79 Å². The molecule has 3 heteroatoms. The Hall–Kier alpha value is -2.68. The molecule has 1 heterocycles. The number of aryl methyl sites for hydroxylation is 1. The molecule has 1 aliphatic rings. The van der Waals surface area contributed by atoms with Crippen molar-refractivity contribution >= 4 is 16.8 Å². The molecule has 1 aromatic heterocycles. The van der Waals surface area contributed by atoms with E-state index in [0.717, 1.165) is 28.6 Å². The Kier molecular flexibility index (Phi) is 4.93. The molecular formula is C24H26N2O. The van der Waals surface area contributed by atoms with Gasteiger partial charge >= 0.3 is 0 Å². The van der Waals surface area contributed by atoms with E-state index in [1.165, 1.54) is 24.8 Å². The number of hydrogen-bond donors (Lipinski definition) is 1. The zero-order valence-corrected chi connectivity index (χ0v) is 16.0. The number of benzene rings is 2. The molecule has 3 nitrogen and oxygen atoms in total. The molecule has 2 atom stereocenters. The van der Waals surface area contributed by atoms with Crippen molar-refractivity contribution in [1.82, 2.24) is 10.3 Å². The van der Waals surface area contributed by atoms with Gasteiger partial charge in [-0.05, 0) is 37.8 Å². The second-order valence-electron chi connectivity index (χ2n) is 7.78. The standard InChI is InChI=1S/C24H26N2O/c1-16-11-13-18(14-12-16)23-15-20(19-8-4-6-10-22(19)25-23)24(27)26-21-9-5-3-7-17(21)2/h4,6,8,10-15,17,21H,3,5,7,9H2,1-2H3,(H,26,27). The molecule has 2 aromatic carbocycles. The number of carbonyl (C=O) groups is 1. The summed E-state index contributed by atoms with van der Waals surface area (Å²) in [6.07, 6.45) is 4.72. The van der Waals surface area contributed by atoms with Crippen molar-refractivity contribution in [2.24, 2.45) is 5.92 Å². The third-order valence-electron chi connectivity index (χ3n) is 5.74. The number of carbonyl (C=O) groups excluding carboxylic acids is 1. The summed E-state index contributed by atoms with van der Waals surface area (Å²) in [5.74, 6) is 0.549. The SMILES string of the molecule is Cc1ccc(-c2cc(C(=O)NC3CCCCC3C)c3ccccc3n2)cc1. The molecule has 138 valence electrons. The molecule has 1 aliphatic carbocycles. The van der Waals surface area contributed by atoms with Crippen LogP contribution in [0.15, 0.2) is 54.6 Å². The average Bonchev–Trinajstić information content (AvgIpc) is 2.69. The van der Waals surface area contributed by atoms with Crippen molar-refractivity contribution in [3.05, 3.63) is 65.7 Å². The number of fused-ring (bicyclic) bond motifs is 1. The number of nitrogens with zero attached hydrogens (tertiary/aromatic N) is 1. The fourth-order valence-corrected chi connectivity index (χ4v) is 4.01. The first-order valence-electron chi connectivity index (χ1n) is 9.89. The topological polar surface area (TPSA) is 42.0 Å². The Morgan fingerprint density at radius 2 is 1.78 bits per heavy atom. The summed E-state index contributed by atoms with van der Waals surface area (Å²) in [6, 6.07) is 18.4. The molecule has 0 radical (unpaired) electrons. The van der Waals surface area contributed by atoms with Gasteiger partial charge in [0.2, 0.25) is 0 Å². The highest BCUT2D eigenvalue weighted by Gasteiger charge is 2.24. The van der Waals surface area contributed by atoms with Crippen LogP contribution < -0.4 is 5.32 Å². The van der Waals surface area contributed by atoms with Crippen LogP contribution in [0.3, 0.4) is 0 Å².